The van der Waals surface area contributed by atoms with Gasteiger partial charge < -0.3 is 14.4 Å². The normalized spacial score (nSPS) is 14.9. The molecule has 2 heterocycles. The van der Waals surface area contributed by atoms with Gasteiger partial charge >= 0.3 is 6.09 Å². The van der Waals surface area contributed by atoms with Crippen molar-refractivity contribution in [1.29, 1.82) is 0 Å². The van der Waals surface area contributed by atoms with E-state index in [-0.39, 0.29) is 5.82 Å². The zero-order valence-electron chi connectivity index (χ0n) is 21.7. The maximum atomic E-state index is 13.7. The van der Waals surface area contributed by atoms with Gasteiger partial charge in [0, 0.05) is 37.6 Å². The second kappa shape index (κ2) is 12.5. The molecule has 1 aromatic heterocycles. The summed E-state index contributed by atoms with van der Waals surface area (Å²) in [5.41, 5.74) is 5.98. The van der Waals surface area contributed by atoms with Gasteiger partial charge in [-0.15, -0.1) is 0 Å². The first-order valence-corrected chi connectivity index (χ1v) is 14.6. The number of rotatable bonds is 8. The average molecular weight is 717 g/mol. The molecule has 0 bridgehead atoms. The highest BCUT2D eigenvalue weighted by Crippen LogP contribution is 2.38. The van der Waals surface area contributed by atoms with Crippen LogP contribution in [0.5, 0.6) is 0 Å². The largest absolute Gasteiger partial charge is 0.450 e. The zero-order valence-corrected chi connectivity index (χ0v) is 25.5. The van der Waals surface area contributed by atoms with Crippen LogP contribution in [0.25, 0.3) is 16.9 Å². The van der Waals surface area contributed by atoms with Crippen LogP contribution in [-0.2, 0) is 15.9 Å². The fourth-order valence-corrected chi connectivity index (χ4v) is 5.49. The van der Waals surface area contributed by atoms with E-state index < -0.39 is 12.3 Å². The van der Waals surface area contributed by atoms with Crippen LogP contribution in [0.3, 0.4) is 0 Å². The molecular weight excluding hydrogens is 690 g/mol. The third-order valence-electron chi connectivity index (χ3n) is 6.50. The van der Waals surface area contributed by atoms with E-state index in [1.165, 1.54) is 12.1 Å². The molecule has 7 nitrogen and oxygen atoms in total. The van der Waals surface area contributed by atoms with Crippen LogP contribution in [0.1, 0.15) is 24.3 Å². The number of carbonyl (C=O) groups is 1. The molecule has 40 heavy (non-hydrogen) atoms. The molecule has 1 fully saturated rings. The molecule has 5 rings (SSSR count). The number of benzene rings is 3. The van der Waals surface area contributed by atoms with E-state index in [2.05, 4.69) is 55.3 Å². The van der Waals surface area contributed by atoms with Gasteiger partial charge in [-0.25, -0.2) is 13.9 Å². The van der Waals surface area contributed by atoms with Gasteiger partial charge in [0.1, 0.15) is 11.5 Å². The lowest BCUT2D eigenvalue weighted by atomic mass is 10.1. The van der Waals surface area contributed by atoms with E-state index in [0.717, 1.165) is 48.2 Å². The van der Waals surface area contributed by atoms with Crippen LogP contribution in [-0.4, -0.2) is 40.5 Å². The third-order valence-corrected chi connectivity index (χ3v) is 7.92. The molecule has 0 radical (unpaired) electrons. The maximum absolute atomic E-state index is 13.7. The third kappa shape index (κ3) is 6.39. The van der Waals surface area contributed by atoms with Gasteiger partial charge in [0.25, 0.3) is 0 Å². The highest BCUT2D eigenvalue weighted by Gasteiger charge is 2.33. The summed E-state index contributed by atoms with van der Waals surface area (Å²) in [6.07, 6.45) is 1.83. The number of halogens is 3. The molecular formula is C30H27BrFIN4O3. The number of ether oxygens (including phenoxy) is 2. The Morgan fingerprint density at radius 1 is 1.20 bits per heavy atom. The van der Waals surface area contributed by atoms with Crippen molar-refractivity contribution in [2.24, 2.45) is 0 Å². The summed E-state index contributed by atoms with van der Waals surface area (Å²) in [5.74, 6) is -0.303. The molecule has 1 saturated heterocycles. The topological polar surface area (TPSA) is 68.6 Å². The number of carbonyl (C=O) groups excluding carboxylic acids is 1. The first-order chi connectivity index (χ1) is 19.3. The van der Waals surface area contributed by atoms with E-state index in [1.807, 2.05) is 53.3 Å². The number of hydrogen-bond acceptors (Lipinski definition) is 5. The SMILES string of the molecule is C=C1COC(c2cn(-c3ccc(Br)cc3)nc2-c2ccc(F)cc2)N1CCc1ccc(NC(=O)OCC)c(I)c1. The lowest BCUT2D eigenvalue weighted by molar-refractivity contribution is 0.0356. The first-order valence-electron chi connectivity index (χ1n) is 12.7. The Kier molecular flexibility index (Phi) is 8.87. The fourth-order valence-electron chi connectivity index (χ4n) is 4.52. The van der Waals surface area contributed by atoms with Gasteiger partial charge in [-0.2, -0.15) is 5.10 Å². The quantitative estimate of drug-likeness (QED) is 0.189. The monoisotopic (exact) mass is 716 g/mol. The molecule has 1 atom stereocenters. The molecule has 4 aromatic rings. The van der Waals surface area contributed by atoms with Crippen LogP contribution < -0.4 is 5.32 Å². The minimum atomic E-state index is -0.470. The number of aromatic nitrogens is 2. The van der Waals surface area contributed by atoms with Gasteiger partial charge in [-0.3, -0.25) is 5.32 Å². The van der Waals surface area contributed by atoms with Gasteiger partial charge in [0.2, 0.25) is 0 Å². The summed E-state index contributed by atoms with van der Waals surface area (Å²) in [7, 11) is 0. The van der Waals surface area contributed by atoms with E-state index >= 15 is 0 Å². The van der Waals surface area contributed by atoms with Crippen LogP contribution in [0.4, 0.5) is 14.9 Å². The standard InChI is InChI=1S/C30H27BrFIN4O3/c1-3-39-30(38)34-27-13-4-20(16-26(27)33)14-15-36-19(2)18-40-29(36)25-17-37(24-11-7-22(31)8-12-24)35-28(25)21-5-9-23(32)10-6-21/h4-13,16-17,29H,2-3,14-15,18H2,1H3,(H,34,38). The van der Waals surface area contributed by atoms with Crippen molar-refractivity contribution >= 4 is 50.3 Å². The Balaban J connectivity index is 1.41. The predicted molar refractivity (Wildman–Crippen MR) is 165 cm³/mol. The van der Waals surface area contributed by atoms with Gasteiger partial charge in [0.15, 0.2) is 6.23 Å². The van der Waals surface area contributed by atoms with Gasteiger partial charge in [-0.05, 0) is 102 Å². The summed E-state index contributed by atoms with van der Waals surface area (Å²) < 4.78 is 28.7. The Hall–Kier alpha value is -3.22. The summed E-state index contributed by atoms with van der Waals surface area (Å²) >= 11 is 5.69. The molecule has 1 N–H and O–H groups in total. The molecule has 0 aliphatic carbocycles. The number of anilines is 1. The molecule has 206 valence electrons. The van der Waals surface area contributed by atoms with Crippen LogP contribution in [0, 0.1) is 9.39 Å². The highest BCUT2D eigenvalue weighted by atomic mass is 127. The van der Waals surface area contributed by atoms with Crippen LogP contribution in [0.15, 0.2) is 89.7 Å². The number of amides is 1. The number of nitrogens with one attached hydrogen (secondary N) is 1. The van der Waals surface area contributed by atoms with Crippen LogP contribution in [0.2, 0.25) is 0 Å². The van der Waals surface area contributed by atoms with Crippen molar-refractivity contribution in [3.8, 4) is 16.9 Å². The molecule has 0 spiro atoms. The summed E-state index contributed by atoms with van der Waals surface area (Å²) in [6.45, 7) is 7.40. The number of nitrogens with zero attached hydrogens (tertiary/aromatic N) is 3. The van der Waals surface area contributed by atoms with Gasteiger partial charge in [-0.1, -0.05) is 28.6 Å². The Labute approximate surface area is 254 Å². The Morgan fingerprint density at radius 2 is 1.95 bits per heavy atom. The second-order valence-corrected chi connectivity index (χ2v) is 11.3. The van der Waals surface area contributed by atoms with E-state index in [9.17, 15) is 9.18 Å². The fraction of sp³-hybridized carbons (Fsp3) is 0.200. The summed E-state index contributed by atoms with van der Waals surface area (Å²) in [4.78, 5) is 14.0. The first kappa shape index (κ1) is 28.3. The predicted octanol–water partition coefficient (Wildman–Crippen LogP) is 7.70. The molecule has 1 aliphatic heterocycles. The van der Waals surface area contributed by atoms with Crippen molar-refractivity contribution in [2.45, 2.75) is 19.6 Å². The molecule has 1 amide bonds. The molecule has 0 saturated carbocycles. The van der Waals surface area contributed by atoms with Crippen molar-refractivity contribution in [2.75, 3.05) is 25.1 Å². The van der Waals surface area contributed by atoms with E-state index in [1.54, 1.807) is 19.1 Å². The van der Waals surface area contributed by atoms with Gasteiger partial charge in [0.05, 0.1) is 24.6 Å². The van der Waals surface area contributed by atoms with E-state index in [4.69, 9.17) is 14.6 Å². The summed E-state index contributed by atoms with van der Waals surface area (Å²) in [6, 6.07) is 20.1. The van der Waals surface area contributed by atoms with Crippen molar-refractivity contribution in [3.63, 3.8) is 0 Å². The minimum absolute atomic E-state index is 0.303. The Bertz CT molecular complexity index is 1530. The molecule has 10 heteroatoms. The lowest BCUT2D eigenvalue weighted by Gasteiger charge is -2.26. The Morgan fingerprint density at radius 3 is 2.65 bits per heavy atom. The number of hydrogen-bond donors (Lipinski definition) is 1. The van der Waals surface area contributed by atoms with Crippen molar-refractivity contribution < 1.29 is 18.7 Å². The lowest BCUT2D eigenvalue weighted by Crippen LogP contribution is -2.25. The zero-order chi connectivity index (χ0) is 28.2. The van der Waals surface area contributed by atoms with E-state index in [0.29, 0.717) is 25.4 Å². The smallest absolute Gasteiger partial charge is 0.411 e. The van der Waals surface area contributed by atoms with Crippen LogP contribution >= 0.6 is 38.5 Å². The highest BCUT2D eigenvalue weighted by molar-refractivity contribution is 14.1. The molecule has 3 aromatic carbocycles. The summed E-state index contributed by atoms with van der Waals surface area (Å²) in [5, 5.41) is 7.65. The van der Waals surface area contributed by atoms with Crippen molar-refractivity contribution in [3.05, 3.63) is 110 Å². The molecule has 1 unspecified atom stereocenters. The minimum Gasteiger partial charge on any atom is -0.450 e. The molecule has 1 aliphatic rings. The second-order valence-electron chi connectivity index (χ2n) is 9.19. The van der Waals surface area contributed by atoms with Crippen molar-refractivity contribution in [1.82, 2.24) is 14.7 Å². The maximum Gasteiger partial charge on any atom is 0.411 e. The average Bonchev–Trinajstić information content (AvgIpc) is 3.53.